The van der Waals surface area contributed by atoms with Crippen LogP contribution >= 0.6 is 0 Å². The molecule has 0 aliphatic rings. The third-order valence-corrected chi connectivity index (χ3v) is 1.67. The molecule has 0 radical (unpaired) electrons. The molecule has 92 valence electrons. The van der Waals surface area contributed by atoms with Gasteiger partial charge in [0.2, 0.25) is 11.6 Å². The van der Waals surface area contributed by atoms with Gasteiger partial charge in [-0.2, -0.15) is 10.2 Å². The molecule has 0 aliphatic heterocycles. The summed E-state index contributed by atoms with van der Waals surface area (Å²) in [7, 11) is 2.40. The van der Waals surface area contributed by atoms with E-state index in [-0.39, 0.29) is 11.6 Å². The Hall–Kier alpha value is -2.17. The van der Waals surface area contributed by atoms with E-state index in [1.165, 1.54) is 13.2 Å². The van der Waals surface area contributed by atoms with E-state index < -0.39 is 17.8 Å². The van der Waals surface area contributed by atoms with Crippen molar-refractivity contribution < 1.29 is 27.4 Å². The lowest BCUT2D eigenvalue weighted by Gasteiger charge is -2.13. The zero-order valence-corrected chi connectivity index (χ0v) is 8.83. The average molecular weight is 248 g/mol. The minimum absolute atomic E-state index is 0.0482. The van der Waals surface area contributed by atoms with Crippen LogP contribution in [0.2, 0.25) is 0 Å². The Morgan fingerprint density at radius 1 is 1.29 bits per heavy atom. The molecule has 0 N–H and O–H groups in total. The van der Waals surface area contributed by atoms with Crippen LogP contribution in [0, 0.1) is 11.3 Å². The number of pyridine rings is 1. The number of methoxy groups -OCH3 is 2. The second-order valence-corrected chi connectivity index (χ2v) is 2.70. The van der Waals surface area contributed by atoms with Gasteiger partial charge in [0.1, 0.15) is 6.07 Å². The van der Waals surface area contributed by atoms with Gasteiger partial charge in [0.05, 0.1) is 14.2 Å². The molecular formula is C9H7F3N2O3. The topological polar surface area (TPSA) is 64.4 Å². The van der Waals surface area contributed by atoms with Crippen molar-refractivity contribution in [3.05, 3.63) is 11.8 Å². The fraction of sp³-hybridized carbons (Fsp3) is 0.333. The Balaban J connectivity index is 3.31. The molecule has 8 heteroatoms. The molecule has 17 heavy (non-hydrogen) atoms. The van der Waals surface area contributed by atoms with Crippen LogP contribution in [0.3, 0.4) is 0 Å². The maximum Gasteiger partial charge on any atom is 0.573 e. The number of hydrogen-bond donors (Lipinski definition) is 0. The van der Waals surface area contributed by atoms with E-state index in [1.54, 1.807) is 0 Å². The average Bonchev–Trinajstić information content (AvgIpc) is 2.27. The molecule has 0 spiro atoms. The summed E-state index contributed by atoms with van der Waals surface area (Å²) in [6.07, 6.45) is -4.94. The summed E-state index contributed by atoms with van der Waals surface area (Å²) in [5, 5.41) is 8.68. The predicted molar refractivity (Wildman–Crippen MR) is 48.7 cm³/mol. The number of ether oxygens (including phenoxy) is 3. The summed E-state index contributed by atoms with van der Waals surface area (Å²) >= 11 is 0. The van der Waals surface area contributed by atoms with Gasteiger partial charge in [-0.1, -0.05) is 0 Å². The molecule has 1 rings (SSSR count). The number of halogens is 3. The highest BCUT2D eigenvalue weighted by Gasteiger charge is 2.34. The van der Waals surface area contributed by atoms with Crippen LogP contribution in [-0.4, -0.2) is 25.6 Å². The summed E-state index contributed by atoms with van der Waals surface area (Å²) in [5.41, 5.74) is -0.571. The molecule has 1 heterocycles. The molecule has 1 aromatic rings. The molecular weight excluding hydrogens is 241 g/mol. The molecule has 0 bridgehead atoms. The second kappa shape index (κ2) is 4.78. The molecule has 0 unspecified atom stereocenters. The lowest BCUT2D eigenvalue weighted by molar-refractivity contribution is -0.275. The van der Waals surface area contributed by atoms with Crippen LogP contribution in [-0.2, 0) is 0 Å². The van der Waals surface area contributed by atoms with E-state index in [9.17, 15) is 13.2 Å². The first-order valence-corrected chi connectivity index (χ1v) is 4.20. The zero-order valence-electron chi connectivity index (χ0n) is 8.83. The largest absolute Gasteiger partial charge is 0.573 e. The van der Waals surface area contributed by atoms with Crippen molar-refractivity contribution in [2.45, 2.75) is 6.36 Å². The highest BCUT2D eigenvalue weighted by atomic mass is 19.4. The van der Waals surface area contributed by atoms with Crippen molar-refractivity contribution in [3.8, 4) is 23.4 Å². The quantitative estimate of drug-likeness (QED) is 0.816. The molecule has 0 saturated heterocycles. The van der Waals surface area contributed by atoms with Crippen LogP contribution in [0.5, 0.6) is 17.4 Å². The Kier molecular flexibility index (Phi) is 3.62. The molecule has 0 saturated carbocycles. The lowest BCUT2D eigenvalue weighted by atomic mass is 10.3. The van der Waals surface area contributed by atoms with Crippen molar-refractivity contribution in [2.75, 3.05) is 14.2 Å². The van der Waals surface area contributed by atoms with E-state index in [2.05, 4.69) is 14.5 Å². The third-order valence-electron chi connectivity index (χ3n) is 1.67. The van der Waals surface area contributed by atoms with E-state index in [4.69, 9.17) is 10.00 Å². The first-order chi connectivity index (χ1) is 7.91. The molecule has 0 atom stereocenters. The van der Waals surface area contributed by atoms with E-state index in [0.717, 1.165) is 13.2 Å². The predicted octanol–water partition coefficient (Wildman–Crippen LogP) is 1.87. The molecule has 0 amide bonds. The minimum atomic E-state index is -4.94. The molecule has 0 aliphatic carbocycles. The number of hydrogen-bond acceptors (Lipinski definition) is 5. The molecule has 5 nitrogen and oxygen atoms in total. The van der Waals surface area contributed by atoms with Gasteiger partial charge in [0.25, 0.3) is 0 Å². The van der Waals surface area contributed by atoms with Gasteiger partial charge in [-0.05, 0) is 0 Å². The van der Waals surface area contributed by atoms with Crippen molar-refractivity contribution in [2.24, 2.45) is 0 Å². The summed E-state index contributed by atoms with van der Waals surface area (Å²) < 4.78 is 49.4. The van der Waals surface area contributed by atoms with Crippen LogP contribution in [0.4, 0.5) is 13.2 Å². The normalized spacial score (nSPS) is 10.6. The van der Waals surface area contributed by atoms with Crippen molar-refractivity contribution in [1.82, 2.24) is 4.98 Å². The van der Waals surface area contributed by atoms with Crippen LogP contribution in [0.1, 0.15) is 5.69 Å². The second-order valence-electron chi connectivity index (χ2n) is 2.70. The standard InChI is InChI=1S/C9H7F3N2O3/c1-15-6-3-7(16-2)14-5(4-13)8(6)17-9(10,11)12/h3H,1-2H3. The summed E-state index contributed by atoms with van der Waals surface area (Å²) in [6, 6.07) is 2.56. The fourth-order valence-corrected chi connectivity index (χ4v) is 1.03. The highest BCUT2D eigenvalue weighted by molar-refractivity contribution is 5.51. The van der Waals surface area contributed by atoms with Gasteiger partial charge in [0, 0.05) is 6.07 Å². The van der Waals surface area contributed by atoms with Gasteiger partial charge in [-0.25, -0.2) is 0 Å². The fourth-order valence-electron chi connectivity index (χ4n) is 1.03. The van der Waals surface area contributed by atoms with E-state index >= 15 is 0 Å². The highest BCUT2D eigenvalue weighted by Crippen LogP contribution is 2.36. The van der Waals surface area contributed by atoms with E-state index in [1.807, 2.05) is 0 Å². The number of nitriles is 1. The van der Waals surface area contributed by atoms with Gasteiger partial charge in [-0.3, -0.25) is 0 Å². The van der Waals surface area contributed by atoms with Gasteiger partial charge >= 0.3 is 6.36 Å². The first kappa shape index (κ1) is 12.9. The van der Waals surface area contributed by atoms with Crippen molar-refractivity contribution in [1.29, 1.82) is 5.26 Å². The first-order valence-electron chi connectivity index (χ1n) is 4.20. The maximum atomic E-state index is 12.1. The summed E-state index contributed by atoms with van der Waals surface area (Å²) in [6.45, 7) is 0. The number of rotatable bonds is 3. The maximum absolute atomic E-state index is 12.1. The van der Waals surface area contributed by atoms with Crippen molar-refractivity contribution in [3.63, 3.8) is 0 Å². The van der Waals surface area contributed by atoms with E-state index in [0.29, 0.717) is 0 Å². The third kappa shape index (κ3) is 3.14. The Morgan fingerprint density at radius 2 is 1.94 bits per heavy atom. The van der Waals surface area contributed by atoms with Gasteiger partial charge in [0.15, 0.2) is 11.4 Å². The Labute approximate surface area is 94.3 Å². The summed E-state index contributed by atoms with van der Waals surface area (Å²) in [4.78, 5) is 3.51. The van der Waals surface area contributed by atoms with Gasteiger partial charge < -0.3 is 14.2 Å². The minimum Gasteiger partial charge on any atom is -0.493 e. The lowest BCUT2D eigenvalue weighted by Crippen LogP contribution is -2.19. The smallest absolute Gasteiger partial charge is 0.493 e. The monoisotopic (exact) mass is 248 g/mol. The number of nitrogens with zero attached hydrogens (tertiary/aromatic N) is 2. The molecule has 1 aromatic heterocycles. The van der Waals surface area contributed by atoms with Crippen LogP contribution in [0.25, 0.3) is 0 Å². The van der Waals surface area contributed by atoms with Gasteiger partial charge in [-0.15, -0.1) is 13.2 Å². The summed E-state index contributed by atoms with van der Waals surface area (Å²) in [5.74, 6) is -1.12. The zero-order chi connectivity index (χ0) is 13.1. The SMILES string of the molecule is COc1cc(OC)c(OC(F)(F)F)c(C#N)n1. The molecule has 0 fully saturated rings. The molecule has 0 aromatic carbocycles. The van der Waals surface area contributed by atoms with Crippen LogP contribution in [0.15, 0.2) is 6.07 Å². The number of alkyl halides is 3. The number of aromatic nitrogens is 1. The van der Waals surface area contributed by atoms with Crippen molar-refractivity contribution >= 4 is 0 Å². The Bertz CT molecular complexity index is 454. The Morgan fingerprint density at radius 3 is 2.35 bits per heavy atom. The van der Waals surface area contributed by atoms with Crippen LogP contribution < -0.4 is 14.2 Å².